The Hall–Kier alpha value is -3.53. The molecule has 0 spiro atoms. The number of piperazine rings is 1. The maximum absolute atomic E-state index is 12.6. The van der Waals surface area contributed by atoms with Crippen LogP contribution in [-0.2, 0) is 6.42 Å². The molecule has 6 rings (SSSR count). The summed E-state index contributed by atoms with van der Waals surface area (Å²) in [6.45, 7) is 7.97. The monoisotopic (exact) mass is 493 g/mol. The second-order valence-corrected chi connectivity index (χ2v) is 10.7. The molecule has 3 aliphatic heterocycles. The molecule has 10 heteroatoms. The van der Waals surface area contributed by atoms with Crippen molar-refractivity contribution in [2.75, 3.05) is 49.1 Å². The number of nitrogens with one attached hydrogen (secondary N) is 1. The van der Waals surface area contributed by atoms with Crippen molar-refractivity contribution in [2.24, 2.45) is 0 Å². The van der Waals surface area contributed by atoms with E-state index in [4.69, 9.17) is 14.1 Å². The normalized spacial score (nSPS) is 19.0. The van der Waals surface area contributed by atoms with E-state index in [9.17, 15) is 9.59 Å². The second-order valence-electron chi connectivity index (χ2n) is 9.70. The molecule has 0 saturated carbocycles. The minimum Gasteiger partial charge on any atom is -0.490 e. The molecule has 3 aliphatic rings. The van der Waals surface area contributed by atoms with Gasteiger partial charge in [0.15, 0.2) is 10.9 Å². The molecule has 0 bridgehead atoms. The molecular formula is C25H27N5O4S. The van der Waals surface area contributed by atoms with E-state index in [1.165, 1.54) is 17.6 Å². The second kappa shape index (κ2) is 8.30. The third-order valence-electron chi connectivity index (χ3n) is 6.65. The summed E-state index contributed by atoms with van der Waals surface area (Å²) >= 11 is 1.44. The number of anilines is 3. The summed E-state index contributed by atoms with van der Waals surface area (Å²) in [4.78, 5) is 37.1. The van der Waals surface area contributed by atoms with E-state index in [0.717, 1.165) is 41.0 Å². The first-order chi connectivity index (χ1) is 16.9. The number of rotatable bonds is 3. The molecule has 0 aliphatic carbocycles. The quantitative estimate of drug-likeness (QED) is 0.599. The lowest BCUT2D eigenvalue weighted by atomic mass is 9.94. The zero-order valence-electron chi connectivity index (χ0n) is 19.7. The van der Waals surface area contributed by atoms with Crippen molar-refractivity contribution < 1.29 is 18.7 Å². The van der Waals surface area contributed by atoms with Gasteiger partial charge in [-0.1, -0.05) is 11.3 Å². The van der Waals surface area contributed by atoms with E-state index in [-0.39, 0.29) is 17.4 Å². The van der Waals surface area contributed by atoms with Gasteiger partial charge < -0.3 is 29.2 Å². The number of hydrogen-bond acceptors (Lipinski definition) is 8. The first-order valence-electron chi connectivity index (χ1n) is 11.8. The fourth-order valence-corrected chi connectivity index (χ4v) is 5.92. The fourth-order valence-electron chi connectivity index (χ4n) is 4.90. The summed E-state index contributed by atoms with van der Waals surface area (Å²) in [7, 11) is 0. The van der Waals surface area contributed by atoms with Gasteiger partial charge in [0.25, 0.3) is 11.8 Å². The Morgan fingerprint density at radius 2 is 1.97 bits per heavy atom. The number of furan rings is 1. The van der Waals surface area contributed by atoms with Crippen molar-refractivity contribution in [3.8, 4) is 5.75 Å². The minimum atomic E-state index is -0.300. The number of thiazole rings is 1. The highest BCUT2D eigenvalue weighted by Crippen LogP contribution is 2.42. The number of carbonyl (C=O) groups is 2. The minimum absolute atomic E-state index is 0.0517. The zero-order chi connectivity index (χ0) is 24.2. The van der Waals surface area contributed by atoms with E-state index in [2.05, 4.69) is 27.2 Å². The van der Waals surface area contributed by atoms with Gasteiger partial charge in [-0.05, 0) is 44.2 Å². The van der Waals surface area contributed by atoms with Gasteiger partial charge in [0.2, 0.25) is 0 Å². The molecular weight excluding hydrogens is 466 g/mol. The predicted octanol–water partition coefficient (Wildman–Crippen LogP) is 3.29. The molecule has 3 aromatic rings. The molecule has 0 atom stereocenters. The maximum Gasteiger partial charge on any atom is 0.289 e. The molecule has 5 heterocycles. The Morgan fingerprint density at radius 3 is 2.74 bits per heavy atom. The standard InChI is InChI=1S/C25H27N5O4S/c1-25(2)15-17-21(22(31)27-25)35-24(26-17)30-11-13-34-19-6-5-16(14-18(19)30)28-7-9-29(10-8-28)23(32)20-4-3-12-33-20/h3-6,12,14H,7-11,13,15H2,1-2H3,(H,27,31). The van der Waals surface area contributed by atoms with Gasteiger partial charge >= 0.3 is 0 Å². The summed E-state index contributed by atoms with van der Waals surface area (Å²) in [5.41, 5.74) is 2.59. The number of benzene rings is 1. The van der Waals surface area contributed by atoms with Gasteiger partial charge in [-0.3, -0.25) is 9.59 Å². The van der Waals surface area contributed by atoms with Crippen molar-refractivity contribution in [1.82, 2.24) is 15.2 Å². The van der Waals surface area contributed by atoms with E-state index < -0.39 is 0 Å². The molecule has 2 amide bonds. The molecule has 35 heavy (non-hydrogen) atoms. The molecule has 0 radical (unpaired) electrons. The lowest BCUT2D eigenvalue weighted by Crippen LogP contribution is -2.48. The van der Waals surface area contributed by atoms with E-state index in [1.807, 2.05) is 24.8 Å². The van der Waals surface area contributed by atoms with Gasteiger partial charge in [-0.15, -0.1) is 0 Å². The van der Waals surface area contributed by atoms with Crippen LogP contribution in [0, 0.1) is 0 Å². The van der Waals surface area contributed by atoms with Gasteiger partial charge in [-0.2, -0.15) is 0 Å². The predicted molar refractivity (Wildman–Crippen MR) is 133 cm³/mol. The SMILES string of the molecule is CC1(C)Cc2nc(N3CCOc4ccc(N5CCN(C(=O)c6ccco6)CC5)cc43)sc2C(=O)N1. The van der Waals surface area contributed by atoms with E-state index in [0.29, 0.717) is 43.3 Å². The lowest BCUT2D eigenvalue weighted by molar-refractivity contribution is 0.0714. The topological polar surface area (TPSA) is 91.2 Å². The molecule has 1 saturated heterocycles. The van der Waals surface area contributed by atoms with Crippen molar-refractivity contribution in [3.63, 3.8) is 0 Å². The summed E-state index contributed by atoms with van der Waals surface area (Å²) in [6.07, 6.45) is 2.24. The Bertz CT molecular complexity index is 1280. The number of ether oxygens (including phenoxy) is 1. The number of carbonyl (C=O) groups excluding carboxylic acids is 2. The number of amides is 2. The molecule has 1 aromatic carbocycles. The van der Waals surface area contributed by atoms with Crippen LogP contribution in [0.5, 0.6) is 5.75 Å². The van der Waals surface area contributed by atoms with Crippen LogP contribution in [-0.4, -0.2) is 66.6 Å². The van der Waals surface area contributed by atoms with Crippen LogP contribution in [0.3, 0.4) is 0 Å². The van der Waals surface area contributed by atoms with Crippen molar-refractivity contribution in [3.05, 3.63) is 52.9 Å². The lowest BCUT2D eigenvalue weighted by Gasteiger charge is -2.37. The van der Waals surface area contributed by atoms with Crippen molar-refractivity contribution in [1.29, 1.82) is 0 Å². The highest BCUT2D eigenvalue weighted by atomic mass is 32.1. The first kappa shape index (κ1) is 22.0. The maximum atomic E-state index is 12.6. The zero-order valence-corrected chi connectivity index (χ0v) is 20.6. The van der Waals surface area contributed by atoms with Crippen LogP contribution in [0.15, 0.2) is 41.0 Å². The molecule has 9 nitrogen and oxygen atoms in total. The summed E-state index contributed by atoms with van der Waals surface area (Å²) in [5, 5.41) is 3.89. The Morgan fingerprint density at radius 1 is 1.14 bits per heavy atom. The molecule has 182 valence electrons. The summed E-state index contributed by atoms with van der Waals surface area (Å²) in [6, 6.07) is 9.63. The van der Waals surface area contributed by atoms with Crippen molar-refractivity contribution >= 4 is 39.7 Å². The molecule has 1 N–H and O–H groups in total. The van der Waals surface area contributed by atoms with E-state index in [1.54, 1.807) is 12.1 Å². The van der Waals surface area contributed by atoms with Crippen LogP contribution in [0.1, 0.15) is 39.8 Å². The smallest absolute Gasteiger partial charge is 0.289 e. The Labute approximate surface area is 207 Å². The largest absolute Gasteiger partial charge is 0.490 e. The summed E-state index contributed by atoms with van der Waals surface area (Å²) < 4.78 is 11.2. The highest BCUT2D eigenvalue weighted by molar-refractivity contribution is 7.17. The van der Waals surface area contributed by atoms with Crippen molar-refractivity contribution in [2.45, 2.75) is 25.8 Å². The molecule has 1 fully saturated rings. The molecule has 2 aromatic heterocycles. The van der Waals surface area contributed by atoms with E-state index >= 15 is 0 Å². The van der Waals surface area contributed by atoms with Crippen LogP contribution in [0.25, 0.3) is 0 Å². The number of fused-ring (bicyclic) bond motifs is 2. The van der Waals surface area contributed by atoms with Gasteiger partial charge in [0.05, 0.1) is 24.2 Å². The number of nitrogens with zero attached hydrogens (tertiary/aromatic N) is 4. The van der Waals surface area contributed by atoms with Gasteiger partial charge in [0.1, 0.15) is 17.2 Å². The fraction of sp³-hybridized carbons (Fsp3) is 0.400. The van der Waals surface area contributed by atoms with Crippen LogP contribution in [0.4, 0.5) is 16.5 Å². The highest BCUT2D eigenvalue weighted by Gasteiger charge is 2.35. The van der Waals surface area contributed by atoms with Crippen LogP contribution < -0.4 is 19.9 Å². The van der Waals surface area contributed by atoms with Crippen LogP contribution >= 0.6 is 11.3 Å². The Kier molecular flexibility index (Phi) is 5.21. The average Bonchev–Trinajstić information content (AvgIpc) is 3.53. The first-order valence-corrected chi connectivity index (χ1v) is 12.6. The molecule has 0 unspecified atom stereocenters. The Balaban J connectivity index is 1.23. The number of aromatic nitrogens is 1. The third-order valence-corrected chi connectivity index (χ3v) is 7.77. The van der Waals surface area contributed by atoms with Gasteiger partial charge in [-0.25, -0.2) is 4.98 Å². The van der Waals surface area contributed by atoms with Crippen LogP contribution in [0.2, 0.25) is 0 Å². The third kappa shape index (κ3) is 4.01. The number of hydrogen-bond donors (Lipinski definition) is 1. The van der Waals surface area contributed by atoms with Gasteiger partial charge in [0, 0.05) is 43.8 Å². The average molecular weight is 494 g/mol. The summed E-state index contributed by atoms with van der Waals surface area (Å²) in [5.74, 6) is 1.07.